The second-order valence-corrected chi connectivity index (χ2v) is 4.11. The Morgan fingerprint density at radius 3 is 2.59 bits per heavy atom. The van der Waals surface area contributed by atoms with E-state index in [9.17, 15) is 9.59 Å². The highest BCUT2D eigenvalue weighted by Crippen LogP contribution is 2.11. The number of primary amides is 1. The first-order chi connectivity index (χ1) is 8.15. The van der Waals surface area contributed by atoms with Crippen LogP contribution in [-0.4, -0.2) is 55.6 Å². The zero-order valence-electron chi connectivity index (χ0n) is 10.3. The number of piperidine rings is 1. The topological polar surface area (TPSA) is 84.7 Å². The molecular weight excluding hydrogens is 222 g/mol. The molecule has 3 N–H and O–H groups in total. The zero-order valence-corrected chi connectivity index (χ0v) is 10.3. The van der Waals surface area contributed by atoms with E-state index in [1.807, 2.05) is 6.92 Å². The lowest BCUT2D eigenvalue weighted by Gasteiger charge is -2.33. The van der Waals surface area contributed by atoms with Crippen molar-refractivity contribution in [3.63, 3.8) is 0 Å². The van der Waals surface area contributed by atoms with Gasteiger partial charge in [0.1, 0.15) is 6.61 Å². The van der Waals surface area contributed by atoms with Crippen LogP contribution in [0, 0.1) is 0 Å². The van der Waals surface area contributed by atoms with Gasteiger partial charge in [-0.2, -0.15) is 0 Å². The maximum absolute atomic E-state index is 11.9. The Morgan fingerprint density at radius 1 is 1.41 bits per heavy atom. The van der Waals surface area contributed by atoms with Gasteiger partial charge < -0.3 is 20.7 Å². The molecule has 1 aliphatic heterocycles. The van der Waals surface area contributed by atoms with Gasteiger partial charge in [0.05, 0.1) is 6.54 Å². The summed E-state index contributed by atoms with van der Waals surface area (Å²) in [7, 11) is 0. The van der Waals surface area contributed by atoms with E-state index in [0.29, 0.717) is 6.61 Å². The molecule has 98 valence electrons. The van der Waals surface area contributed by atoms with E-state index in [1.54, 1.807) is 4.90 Å². The van der Waals surface area contributed by atoms with Gasteiger partial charge in [0, 0.05) is 12.6 Å². The van der Waals surface area contributed by atoms with Gasteiger partial charge in [-0.1, -0.05) is 0 Å². The minimum Gasteiger partial charge on any atom is -0.372 e. The third kappa shape index (κ3) is 4.70. The van der Waals surface area contributed by atoms with Crippen LogP contribution in [0.4, 0.5) is 0 Å². The van der Waals surface area contributed by atoms with E-state index in [2.05, 4.69) is 5.32 Å². The zero-order chi connectivity index (χ0) is 12.7. The Hall–Kier alpha value is -1.14. The summed E-state index contributed by atoms with van der Waals surface area (Å²) in [6.07, 6.45) is 1.70. The van der Waals surface area contributed by atoms with Crippen molar-refractivity contribution in [2.75, 3.05) is 32.8 Å². The van der Waals surface area contributed by atoms with Crippen molar-refractivity contribution in [1.29, 1.82) is 0 Å². The SMILES string of the molecule is CCOCC(=O)N(CC(N)=O)C1CCNCC1. The molecule has 17 heavy (non-hydrogen) atoms. The van der Waals surface area contributed by atoms with Crippen LogP contribution >= 0.6 is 0 Å². The number of carbonyl (C=O) groups excluding carboxylic acids is 2. The van der Waals surface area contributed by atoms with Crippen molar-refractivity contribution in [1.82, 2.24) is 10.2 Å². The van der Waals surface area contributed by atoms with Crippen LogP contribution in [0.3, 0.4) is 0 Å². The van der Waals surface area contributed by atoms with Crippen molar-refractivity contribution in [2.24, 2.45) is 5.73 Å². The van der Waals surface area contributed by atoms with E-state index in [0.717, 1.165) is 25.9 Å². The molecule has 1 fully saturated rings. The molecule has 6 heteroatoms. The summed E-state index contributed by atoms with van der Waals surface area (Å²) in [6.45, 7) is 4.05. The summed E-state index contributed by atoms with van der Waals surface area (Å²) >= 11 is 0. The van der Waals surface area contributed by atoms with E-state index < -0.39 is 5.91 Å². The Morgan fingerprint density at radius 2 is 2.06 bits per heavy atom. The van der Waals surface area contributed by atoms with Gasteiger partial charge in [0.2, 0.25) is 11.8 Å². The monoisotopic (exact) mass is 243 g/mol. The Bertz CT molecular complexity index is 265. The fourth-order valence-corrected chi connectivity index (χ4v) is 1.98. The molecule has 0 bridgehead atoms. The number of hydrogen-bond acceptors (Lipinski definition) is 4. The molecule has 0 atom stereocenters. The number of nitrogens with zero attached hydrogens (tertiary/aromatic N) is 1. The van der Waals surface area contributed by atoms with Crippen molar-refractivity contribution >= 4 is 11.8 Å². The third-order valence-electron chi connectivity index (χ3n) is 2.83. The van der Waals surface area contributed by atoms with Crippen LogP contribution in [0.1, 0.15) is 19.8 Å². The van der Waals surface area contributed by atoms with Gasteiger partial charge >= 0.3 is 0 Å². The molecule has 0 spiro atoms. The lowest BCUT2D eigenvalue weighted by atomic mass is 10.0. The number of carbonyl (C=O) groups is 2. The Balaban J connectivity index is 2.57. The molecule has 0 radical (unpaired) electrons. The number of ether oxygens (including phenoxy) is 1. The molecular formula is C11H21N3O3. The first-order valence-electron chi connectivity index (χ1n) is 6.01. The van der Waals surface area contributed by atoms with Crippen LogP contribution in [0.2, 0.25) is 0 Å². The fourth-order valence-electron chi connectivity index (χ4n) is 1.98. The van der Waals surface area contributed by atoms with E-state index in [-0.39, 0.29) is 25.1 Å². The fraction of sp³-hybridized carbons (Fsp3) is 0.818. The average molecular weight is 243 g/mol. The Kier molecular flexibility index (Phi) is 5.93. The minimum absolute atomic E-state index is 0.0173. The van der Waals surface area contributed by atoms with E-state index >= 15 is 0 Å². The molecule has 2 amide bonds. The summed E-state index contributed by atoms with van der Waals surface area (Å²) in [5.41, 5.74) is 5.18. The van der Waals surface area contributed by atoms with E-state index in [1.165, 1.54) is 0 Å². The number of amides is 2. The molecule has 0 unspecified atom stereocenters. The first-order valence-corrected chi connectivity index (χ1v) is 6.01. The van der Waals surface area contributed by atoms with Crippen molar-refractivity contribution in [3.05, 3.63) is 0 Å². The molecule has 0 aliphatic carbocycles. The van der Waals surface area contributed by atoms with Crippen LogP contribution < -0.4 is 11.1 Å². The largest absolute Gasteiger partial charge is 0.372 e. The van der Waals surface area contributed by atoms with Gasteiger partial charge in [-0.05, 0) is 32.9 Å². The standard InChI is InChI=1S/C11H21N3O3/c1-2-17-8-11(16)14(7-10(12)15)9-3-5-13-6-4-9/h9,13H,2-8H2,1H3,(H2,12,15). The Labute approximate surface area is 101 Å². The predicted octanol–water partition coefficient (Wildman–Crippen LogP) is -0.911. The van der Waals surface area contributed by atoms with E-state index in [4.69, 9.17) is 10.5 Å². The summed E-state index contributed by atoms with van der Waals surface area (Å²) < 4.78 is 5.09. The molecule has 6 nitrogen and oxygen atoms in total. The summed E-state index contributed by atoms with van der Waals surface area (Å²) in [5, 5.41) is 3.22. The van der Waals surface area contributed by atoms with Crippen LogP contribution in [0.25, 0.3) is 0 Å². The summed E-state index contributed by atoms with van der Waals surface area (Å²) in [6, 6.07) is 0.0942. The molecule has 1 heterocycles. The van der Waals surface area contributed by atoms with Gasteiger partial charge in [0.15, 0.2) is 0 Å². The molecule has 0 aromatic carbocycles. The average Bonchev–Trinajstić information content (AvgIpc) is 2.34. The lowest BCUT2D eigenvalue weighted by Crippen LogP contribution is -2.50. The second kappa shape index (κ2) is 7.24. The van der Waals surface area contributed by atoms with Crippen molar-refractivity contribution in [2.45, 2.75) is 25.8 Å². The quantitative estimate of drug-likeness (QED) is 0.632. The highest BCUT2D eigenvalue weighted by Gasteiger charge is 2.26. The third-order valence-corrected chi connectivity index (χ3v) is 2.83. The maximum Gasteiger partial charge on any atom is 0.249 e. The van der Waals surface area contributed by atoms with Gasteiger partial charge in [-0.3, -0.25) is 9.59 Å². The maximum atomic E-state index is 11.9. The molecule has 0 saturated carbocycles. The van der Waals surface area contributed by atoms with Gasteiger partial charge in [-0.25, -0.2) is 0 Å². The number of rotatable bonds is 6. The lowest BCUT2D eigenvalue weighted by molar-refractivity contribution is -0.142. The number of nitrogens with one attached hydrogen (secondary N) is 1. The highest BCUT2D eigenvalue weighted by molar-refractivity contribution is 5.84. The highest BCUT2D eigenvalue weighted by atomic mass is 16.5. The van der Waals surface area contributed by atoms with Crippen LogP contribution in [0.15, 0.2) is 0 Å². The summed E-state index contributed by atoms with van der Waals surface area (Å²) in [5.74, 6) is -0.633. The van der Waals surface area contributed by atoms with Crippen LogP contribution in [0.5, 0.6) is 0 Å². The predicted molar refractivity (Wildman–Crippen MR) is 63.3 cm³/mol. The normalized spacial score (nSPS) is 16.8. The molecule has 0 aromatic heterocycles. The molecule has 1 aliphatic rings. The first kappa shape index (κ1) is 13.9. The van der Waals surface area contributed by atoms with Gasteiger partial charge in [-0.15, -0.1) is 0 Å². The summed E-state index contributed by atoms with van der Waals surface area (Å²) in [4.78, 5) is 24.5. The second-order valence-electron chi connectivity index (χ2n) is 4.11. The number of nitrogens with two attached hydrogens (primary N) is 1. The molecule has 1 rings (SSSR count). The number of hydrogen-bond donors (Lipinski definition) is 2. The van der Waals surface area contributed by atoms with Crippen LogP contribution in [-0.2, 0) is 14.3 Å². The smallest absolute Gasteiger partial charge is 0.249 e. The van der Waals surface area contributed by atoms with Crippen molar-refractivity contribution < 1.29 is 14.3 Å². The minimum atomic E-state index is -0.478. The molecule has 0 aromatic rings. The van der Waals surface area contributed by atoms with Crippen molar-refractivity contribution in [3.8, 4) is 0 Å². The molecule has 1 saturated heterocycles. The van der Waals surface area contributed by atoms with Gasteiger partial charge in [0.25, 0.3) is 0 Å².